The molecule has 96 valence electrons. The van der Waals surface area contributed by atoms with Gasteiger partial charge in [0.2, 0.25) is 6.43 Å². The second-order valence-corrected chi connectivity index (χ2v) is 5.00. The van der Waals surface area contributed by atoms with Gasteiger partial charge in [-0.15, -0.1) is 10.2 Å². The maximum absolute atomic E-state index is 12.1. The van der Waals surface area contributed by atoms with Crippen molar-refractivity contribution in [1.29, 1.82) is 0 Å². The van der Waals surface area contributed by atoms with Gasteiger partial charge in [-0.1, -0.05) is 23.4 Å². The molecule has 0 aliphatic rings. The van der Waals surface area contributed by atoms with Crippen molar-refractivity contribution in [3.63, 3.8) is 0 Å². The largest absolute Gasteiger partial charge is 0.305 e. The molecule has 3 nitrogen and oxygen atoms in total. The number of aromatic nitrogens is 3. The molecule has 1 heterocycles. The second kappa shape index (κ2) is 5.67. The van der Waals surface area contributed by atoms with Crippen LogP contribution in [0.1, 0.15) is 0 Å². The highest BCUT2D eigenvalue weighted by molar-refractivity contribution is 7.99. The Morgan fingerprint density at radius 1 is 1.28 bits per heavy atom. The monoisotopic (exact) mass is 289 g/mol. The summed E-state index contributed by atoms with van der Waals surface area (Å²) in [6.07, 6.45) is -2.36. The Hall–Kier alpha value is -1.14. The molecule has 0 unspecified atom stereocenters. The summed E-state index contributed by atoms with van der Waals surface area (Å²) in [7, 11) is 1.75. The maximum Gasteiger partial charge on any atom is 0.248 e. The number of hydrogen-bond acceptors (Lipinski definition) is 3. The minimum absolute atomic E-state index is 0.285. The molecule has 0 aliphatic heterocycles. The lowest BCUT2D eigenvalue weighted by Gasteiger charge is -2.03. The van der Waals surface area contributed by atoms with Gasteiger partial charge in [-0.25, -0.2) is 8.78 Å². The van der Waals surface area contributed by atoms with Crippen LogP contribution >= 0.6 is 23.4 Å². The highest BCUT2D eigenvalue weighted by Gasteiger charge is 2.13. The van der Waals surface area contributed by atoms with Crippen molar-refractivity contribution >= 4 is 23.4 Å². The molecule has 0 saturated carbocycles. The molecule has 1 aromatic heterocycles. The van der Waals surface area contributed by atoms with Crippen LogP contribution in [0.15, 0.2) is 29.4 Å². The van der Waals surface area contributed by atoms with E-state index in [-0.39, 0.29) is 5.75 Å². The molecule has 0 atom stereocenters. The molecule has 2 rings (SSSR count). The number of hydrogen-bond donors (Lipinski definition) is 0. The molecule has 1 aromatic carbocycles. The Morgan fingerprint density at radius 3 is 2.56 bits per heavy atom. The predicted molar refractivity (Wildman–Crippen MR) is 68.2 cm³/mol. The summed E-state index contributed by atoms with van der Waals surface area (Å²) < 4.78 is 26.0. The van der Waals surface area contributed by atoms with E-state index < -0.39 is 6.43 Å². The molecule has 0 N–H and O–H groups in total. The number of thioether (sulfide) groups is 1. The molecule has 7 heteroatoms. The maximum atomic E-state index is 12.1. The van der Waals surface area contributed by atoms with Crippen molar-refractivity contribution in [3.8, 4) is 11.4 Å². The van der Waals surface area contributed by atoms with Crippen molar-refractivity contribution in [1.82, 2.24) is 14.8 Å². The topological polar surface area (TPSA) is 30.7 Å². The SMILES string of the molecule is Cn1c(SCC(F)F)nnc1-c1ccc(Cl)cc1. The van der Waals surface area contributed by atoms with E-state index in [0.717, 1.165) is 17.3 Å². The van der Waals surface area contributed by atoms with Crippen LogP contribution in [0, 0.1) is 0 Å². The zero-order valence-corrected chi connectivity index (χ0v) is 11.1. The number of rotatable bonds is 4. The first-order chi connectivity index (χ1) is 8.58. The van der Waals surface area contributed by atoms with E-state index in [1.54, 1.807) is 23.7 Å². The molecule has 0 radical (unpaired) electrons. The summed E-state index contributed by atoms with van der Waals surface area (Å²) in [5.74, 6) is 0.343. The lowest BCUT2D eigenvalue weighted by Crippen LogP contribution is -1.98. The first-order valence-corrected chi connectivity index (χ1v) is 6.50. The van der Waals surface area contributed by atoms with Crippen LogP contribution in [0.3, 0.4) is 0 Å². The highest BCUT2D eigenvalue weighted by Crippen LogP contribution is 2.24. The average Bonchev–Trinajstić information content (AvgIpc) is 2.69. The van der Waals surface area contributed by atoms with Crippen molar-refractivity contribution in [3.05, 3.63) is 29.3 Å². The average molecular weight is 290 g/mol. The van der Waals surface area contributed by atoms with Crippen LogP contribution in [0.4, 0.5) is 8.78 Å². The fraction of sp³-hybridized carbons (Fsp3) is 0.273. The van der Waals surface area contributed by atoms with Crippen LogP contribution in [0.2, 0.25) is 5.02 Å². The molecular weight excluding hydrogens is 280 g/mol. The van der Waals surface area contributed by atoms with E-state index in [1.165, 1.54) is 0 Å². The van der Waals surface area contributed by atoms with Gasteiger partial charge in [-0.2, -0.15) is 0 Å². The number of alkyl halides is 2. The number of halogens is 3. The van der Waals surface area contributed by atoms with E-state index in [1.807, 2.05) is 12.1 Å². The fourth-order valence-electron chi connectivity index (χ4n) is 1.43. The molecule has 0 bridgehead atoms. The molecule has 18 heavy (non-hydrogen) atoms. The minimum Gasteiger partial charge on any atom is -0.305 e. The van der Waals surface area contributed by atoms with Gasteiger partial charge in [0.1, 0.15) is 0 Å². The first kappa shape index (κ1) is 13.3. The first-order valence-electron chi connectivity index (χ1n) is 5.14. The van der Waals surface area contributed by atoms with Crippen molar-refractivity contribution < 1.29 is 8.78 Å². The van der Waals surface area contributed by atoms with Crippen LogP contribution < -0.4 is 0 Å². The van der Waals surface area contributed by atoms with Crippen molar-refractivity contribution in [2.75, 3.05) is 5.75 Å². The fourth-order valence-corrected chi connectivity index (χ4v) is 2.21. The molecular formula is C11H10ClF2N3S. The quantitative estimate of drug-likeness (QED) is 0.807. The summed E-state index contributed by atoms with van der Waals surface area (Å²) >= 11 is 6.79. The normalized spacial score (nSPS) is 11.2. The predicted octanol–water partition coefficient (Wildman–Crippen LogP) is 3.49. The Morgan fingerprint density at radius 2 is 1.94 bits per heavy atom. The van der Waals surface area contributed by atoms with Gasteiger partial charge in [-0.05, 0) is 24.3 Å². The van der Waals surface area contributed by atoms with E-state index in [0.29, 0.717) is 16.0 Å². The van der Waals surface area contributed by atoms with Gasteiger partial charge in [0.05, 0.1) is 5.75 Å². The zero-order valence-electron chi connectivity index (χ0n) is 9.48. The number of nitrogens with zero attached hydrogens (tertiary/aromatic N) is 3. The molecule has 0 amide bonds. The van der Waals surface area contributed by atoms with Crippen LogP contribution in [0.25, 0.3) is 11.4 Å². The van der Waals surface area contributed by atoms with Gasteiger partial charge in [0, 0.05) is 17.6 Å². The van der Waals surface area contributed by atoms with Gasteiger partial charge >= 0.3 is 0 Å². The highest BCUT2D eigenvalue weighted by atomic mass is 35.5. The summed E-state index contributed by atoms with van der Waals surface area (Å²) in [6, 6.07) is 7.12. The number of benzene rings is 1. The Labute approximate surface area is 112 Å². The van der Waals surface area contributed by atoms with Crippen LogP contribution in [0.5, 0.6) is 0 Å². The molecule has 0 saturated heterocycles. The van der Waals surface area contributed by atoms with E-state index in [9.17, 15) is 8.78 Å². The van der Waals surface area contributed by atoms with Gasteiger partial charge in [0.25, 0.3) is 0 Å². The summed E-state index contributed by atoms with van der Waals surface area (Å²) in [5, 5.41) is 9.00. The lowest BCUT2D eigenvalue weighted by molar-refractivity contribution is 0.176. The summed E-state index contributed by atoms with van der Waals surface area (Å²) in [6.45, 7) is 0. The third kappa shape index (κ3) is 3.00. The Balaban J connectivity index is 2.22. The molecule has 0 aliphatic carbocycles. The van der Waals surface area contributed by atoms with Crippen LogP contribution in [-0.4, -0.2) is 26.9 Å². The van der Waals surface area contributed by atoms with Gasteiger partial charge < -0.3 is 4.57 Å². The van der Waals surface area contributed by atoms with Crippen molar-refractivity contribution in [2.24, 2.45) is 7.05 Å². The van der Waals surface area contributed by atoms with E-state index in [4.69, 9.17) is 11.6 Å². The summed E-state index contributed by atoms with van der Waals surface area (Å²) in [4.78, 5) is 0. The third-order valence-electron chi connectivity index (χ3n) is 2.28. The van der Waals surface area contributed by atoms with Crippen molar-refractivity contribution in [2.45, 2.75) is 11.6 Å². The van der Waals surface area contributed by atoms with Gasteiger partial charge in [-0.3, -0.25) is 0 Å². The third-order valence-corrected chi connectivity index (χ3v) is 3.56. The smallest absolute Gasteiger partial charge is 0.248 e. The van der Waals surface area contributed by atoms with Gasteiger partial charge in [0.15, 0.2) is 11.0 Å². The Kier molecular flexibility index (Phi) is 4.19. The summed E-state index contributed by atoms with van der Waals surface area (Å²) in [5.41, 5.74) is 0.846. The second-order valence-electron chi connectivity index (χ2n) is 3.57. The molecule has 0 fully saturated rings. The lowest BCUT2D eigenvalue weighted by atomic mass is 10.2. The minimum atomic E-state index is -2.36. The van der Waals surface area contributed by atoms with Crippen LogP contribution in [-0.2, 0) is 7.05 Å². The standard InChI is InChI=1S/C11H10ClF2N3S/c1-17-10(7-2-4-8(12)5-3-7)15-16-11(17)18-6-9(13)14/h2-5,9H,6H2,1H3. The van der Waals surface area contributed by atoms with E-state index in [2.05, 4.69) is 10.2 Å². The zero-order chi connectivity index (χ0) is 13.1. The molecule has 0 spiro atoms. The Bertz CT molecular complexity index is 528. The molecule has 2 aromatic rings. The van der Waals surface area contributed by atoms with E-state index >= 15 is 0 Å².